The minimum Gasteiger partial charge on any atom is -0.331 e. The van der Waals surface area contributed by atoms with Crippen LogP contribution in [0.1, 0.15) is 41.0 Å². The van der Waals surface area contributed by atoms with Gasteiger partial charge in [0.15, 0.2) is 0 Å². The van der Waals surface area contributed by atoms with E-state index >= 15 is 0 Å². The summed E-state index contributed by atoms with van der Waals surface area (Å²) < 4.78 is 0. The largest absolute Gasteiger partial charge is 0.331 e. The lowest BCUT2D eigenvalue weighted by Gasteiger charge is -2.48. The molecule has 1 rings (SSSR count). The first-order valence-corrected chi connectivity index (χ1v) is 9.84. The molecule has 1 nitrogen and oxygen atoms in total. The summed E-state index contributed by atoms with van der Waals surface area (Å²) in [5, 5.41) is 0. The molecule has 0 saturated heterocycles. The van der Waals surface area contributed by atoms with Gasteiger partial charge in [0.05, 0.1) is 0 Å². The van der Waals surface area contributed by atoms with Crippen LogP contribution in [0.3, 0.4) is 0 Å². The predicted molar refractivity (Wildman–Crippen MR) is 80.8 cm³/mol. The van der Waals surface area contributed by atoms with Gasteiger partial charge in [0.1, 0.15) is 8.24 Å². The Hall–Kier alpha value is -0.343. The highest BCUT2D eigenvalue weighted by Crippen LogP contribution is 2.37. The van der Waals surface area contributed by atoms with Gasteiger partial charge in [-0.2, -0.15) is 0 Å². The molecule has 0 radical (unpaired) electrons. The van der Waals surface area contributed by atoms with Gasteiger partial charge in [-0.1, -0.05) is 65.1 Å². The van der Waals surface area contributed by atoms with Crippen molar-refractivity contribution in [1.29, 1.82) is 0 Å². The lowest BCUT2D eigenvalue weighted by molar-refractivity contribution is 0.177. The fraction of sp³-hybridized carbons (Fsp3) is 0.733. The minimum absolute atomic E-state index is 0.215. The van der Waals surface area contributed by atoms with Crippen LogP contribution < -0.4 is 4.98 Å². The highest BCUT2D eigenvalue weighted by molar-refractivity contribution is 6.77. The smallest absolute Gasteiger partial charge is 0.130 e. The predicted octanol–water partition coefficient (Wildman–Crippen LogP) is 4.49. The zero-order valence-electron chi connectivity index (χ0n) is 12.6. The second kappa shape index (κ2) is 4.73. The summed E-state index contributed by atoms with van der Waals surface area (Å²) in [7, 11) is -1.46. The summed E-state index contributed by atoms with van der Waals surface area (Å²) in [4.78, 5) is 4.04. The molecule has 0 aromatic heterocycles. The molecule has 0 fully saturated rings. The van der Waals surface area contributed by atoms with Gasteiger partial charge >= 0.3 is 0 Å². The highest BCUT2D eigenvalue weighted by atomic mass is 28.3. The van der Waals surface area contributed by atoms with E-state index in [0.717, 1.165) is 0 Å². The van der Waals surface area contributed by atoms with E-state index < -0.39 is 8.24 Å². The third kappa shape index (κ3) is 3.11. The Labute approximate surface area is 108 Å². The number of nitrogens with one attached hydrogen (secondary N) is 1. The van der Waals surface area contributed by atoms with E-state index in [1.807, 2.05) is 0 Å². The van der Waals surface area contributed by atoms with Gasteiger partial charge in [-0.15, -0.1) is 0 Å². The lowest BCUT2D eigenvalue weighted by Crippen LogP contribution is -2.63. The summed E-state index contributed by atoms with van der Waals surface area (Å²) in [5.41, 5.74) is 1.14. The van der Waals surface area contributed by atoms with Crippen molar-refractivity contribution in [2.24, 2.45) is 5.41 Å². The molecule has 0 saturated carbocycles. The molecule has 1 atom stereocenters. The molecule has 1 N–H and O–H groups in total. The quantitative estimate of drug-likeness (QED) is 0.726. The van der Waals surface area contributed by atoms with Crippen LogP contribution in [0.5, 0.6) is 0 Å². The Morgan fingerprint density at radius 2 is 1.53 bits per heavy atom. The van der Waals surface area contributed by atoms with E-state index in [1.165, 1.54) is 6.42 Å². The number of hydrogen-bond acceptors (Lipinski definition) is 1. The first-order chi connectivity index (χ1) is 7.62. The maximum Gasteiger partial charge on any atom is 0.130 e. The number of rotatable bonds is 4. The molecule has 0 spiro atoms. The van der Waals surface area contributed by atoms with Crippen molar-refractivity contribution >= 4 is 8.24 Å². The van der Waals surface area contributed by atoms with Gasteiger partial charge in [0.2, 0.25) is 0 Å². The Bertz CT molecular complexity index is 310. The Morgan fingerprint density at radius 3 is 1.88 bits per heavy atom. The van der Waals surface area contributed by atoms with E-state index in [2.05, 4.69) is 77.0 Å². The zero-order valence-corrected chi connectivity index (χ0v) is 13.6. The molecule has 0 bridgehead atoms. The van der Waals surface area contributed by atoms with E-state index in [4.69, 9.17) is 0 Å². The van der Waals surface area contributed by atoms with Crippen LogP contribution in [-0.4, -0.2) is 13.8 Å². The van der Waals surface area contributed by atoms with Crippen molar-refractivity contribution in [3.63, 3.8) is 0 Å². The second-order valence-electron chi connectivity index (χ2n) is 7.08. The molecule has 98 valence electrons. The topological polar surface area (TPSA) is 12.0 Å². The van der Waals surface area contributed by atoms with Crippen molar-refractivity contribution in [2.75, 3.05) is 0 Å². The fourth-order valence-electron chi connectivity index (χ4n) is 2.51. The zero-order chi connectivity index (χ0) is 13.3. The molecule has 0 aromatic rings. The molecular weight excluding hydrogens is 222 g/mol. The number of allylic oxidation sites excluding steroid dienone is 4. The van der Waals surface area contributed by atoms with E-state index in [1.54, 1.807) is 0 Å². The lowest BCUT2D eigenvalue weighted by atomic mass is 9.74. The Morgan fingerprint density at radius 1 is 1.06 bits per heavy atom. The van der Waals surface area contributed by atoms with Crippen LogP contribution in [0, 0.1) is 5.41 Å². The van der Waals surface area contributed by atoms with Crippen LogP contribution in [0.2, 0.25) is 18.6 Å². The van der Waals surface area contributed by atoms with E-state index in [0.29, 0.717) is 5.54 Å². The maximum absolute atomic E-state index is 4.04. The Kier molecular flexibility index (Phi) is 4.10. The van der Waals surface area contributed by atoms with Crippen molar-refractivity contribution in [3.05, 3.63) is 24.3 Å². The maximum atomic E-state index is 4.04. The minimum atomic E-state index is -1.46. The van der Waals surface area contributed by atoms with E-state index in [-0.39, 0.29) is 11.0 Å². The van der Waals surface area contributed by atoms with Crippen LogP contribution in [0.15, 0.2) is 24.3 Å². The molecule has 2 heteroatoms. The molecule has 1 aliphatic rings. The van der Waals surface area contributed by atoms with Crippen LogP contribution in [-0.2, 0) is 0 Å². The van der Waals surface area contributed by atoms with Crippen molar-refractivity contribution in [3.8, 4) is 0 Å². The summed E-state index contributed by atoms with van der Waals surface area (Å²) in [6, 6.07) is 0. The molecular formula is C15H29NSi. The normalized spacial score (nSPS) is 20.9. The van der Waals surface area contributed by atoms with Crippen molar-refractivity contribution in [1.82, 2.24) is 4.98 Å². The van der Waals surface area contributed by atoms with Crippen molar-refractivity contribution < 1.29 is 0 Å². The van der Waals surface area contributed by atoms with Gasteiger partial charge in [0, 0.05) is 11.1 Å². The third-order valence-electron chi connectivity index (χ3n) is 4.54. The first kappa shape index (κ1) is 14.7. The molecule has 1 aliphatic carbocycles. The third-order valence-corrected chi connectivity index (χ3v) is 7.79. The summed E-state index contributed by atoms with van der Waals surface area (Å²) in [6.45, 7) is 16.6. The first-order valence-electron chi connectivity index (χ1n) is 6.77. The molecule has 0 amide bonds. The van der Waals surface area contributed by atoms with Gasteiger partial charge in [-0.05, 0) is 18.8 Å². The van der Waals surface area contributed by atoms with Gasteiger partial charge in [-0.3, -0.25) is 0 Å². The van der Waals surface area contributed by atoms with Crippen LogP contribution in [0.25, 0.3) is 0 Å². The standard InChI is InChI=1S/C15H29NSi/c1-8-15(5,14(2,3)4)16-17(6,7)13-11-9-10-12-13/h9-13,16H,8H2,1-7H3. The summed E-state index contributed by atoms with van der Waals surface area (Å²) in [5.74, 6) is 0. The molecule has 0 aromatic carbocycles. The van der Waals surface area contributed by atoms with Crippen LogP contribution in [0.4, 0.5) is 0 Å². The average Bonchev–Trinajstić information content (AvgIpc) is 2.68. The van der Waals surface area contributed by atoms with Gasteiger partial charge in [0.25, 0.3) is 0 Å². The molecule has 17 heavy (non-hydrogen) atoms. The highest BCUT2D eigenvalue weighted by Gasteiger charge is 2.42. The molecule has 0 heterocycles. The average molecular weight is 251 g/mol. The van der Waals surface area contributed by atoms with E-state index in [9.17, 15) is 0 Å². The second-order valence-corrected chi connectivity index (χ2v) is 11.4. The molecule has 1 unspecified atom stereocenters. The van der Waals surface area contributed by atoms with Crippen LogP contribution >= 0.6 is 0 Å². The fourth-order valence-corrected chi connectivity index (χ4v) is 5.84. The van der Waals surface area contributed by atoms with Gasteiger partial charge < -0.3 is 4.98 Å². The summed E-state index contributed by atoms with van der Waals surface area (Å²) >= 11 is 0. The monoisotopic (exact) mass is 251 g/mol. The Balaban J connectivity index is 2.87. The molecule has 0 aliphatic heterocycles. The van der Waals surface area contributed by atoms with Gasteiger partial charge in [-0.25, -0.2) is 0 Å². The number of hydrogen-bond donors (Lipinski definition) is 1. The van der Waals surface area contributed by atoms with Crippen molar-refractivity contribution in [2.45, 2.75) is 65.2 Å². The summed E-state index contributed by atoms with van der Waals surface area (Å²) in [6.07, 6.45) is 10.2. The SMILES string of the molecule is CCC(C)(N[Si](C)(C)C1C=CC=C1)C(C)(C)C.